The third-order valence-corrected chi connectivity index (χ3v) is 7.24. The zero-order valence-corrected chi connectivity index (χ0v) is 13.9. The lowest BCUT2D eigenvalue weighted by Gasteiger charge is -2.36. The van der Waals surface area contributed by atoms with Crippen LogP contribution in [-0.4, -0.2) is 25.0 Å². The van der Waals surface area contributed by atoms with E-state index >= 15 is 0 Å². The van der Waals surface area contributed by atoms with Gasteiger partial charge in [0.25, 0.3) is 10.0 Å². The quantitative estimate of drug-likeness (QED) is 0.869. The SMILES string of the molecule is CCc1ccc(S(=O)(=O)NC2(C(=O)O)CCCC(C)C2)s1. The van der Waals surface area contributed by atoms with Crippen molar-refractivity contribution < 1.29 is 18.3 Å². The number of nitrogens with one attached hydrogen (secondary N) is 1. The Morgan fingerprint density at radius 2 is 2.24 bits per heavy atom. The number of aliphatic carboxylic acids is 1. The largest absolute Gasteiger partial charge is 0.480 e. The molecule has 5 nitrogen and oxygen atoms in total. The van der Waals surface area contributed by atoms with E-state index in [0.717, 1.165) is 24.1 Å². The normalized spacial score (nSPS) is 26.7. The van der Waals surface area contributed by atoms with E-state index in [2.05, 4.69) is 4.72 Å². The molecule has 2 rings (SSSR count). The first-order chi connectivity index (χ1) is 9.79. The van der Waals surface area contributed by atoms with Crippen molar-refractivity contribution in [3.8, 4) is 0 Å². The number of thiophene rings is 1. The lowest BCUT2D eigenvalue weighted by Crippen LogP contribution is -2.56. The van der Waals surface area contributed by atoms with Crippen molar-refractivity contribution >= 4 is 27.3 Å². The van der Waals surface area contributed by atoms with Crippen molar-refractivity contribution in [1.29, 1.82) is 0 Å². The Balaban J connectivity index is 2.29. The molecule has 7 heteroatoms. The van der Waals surface area contributed by atoms with E-state index in [1.54, 1.807) is 12.1 Å². The van der Waals surface area contributed by atoms with Crippen molar-refractivity contribution in [1.82, 2.24) is 4.72 Å². The lowest BCUT2D eigenvalue weighted by atomic mass is 9.77. The number of carbonyl (C=O) groups is 1. The van der Waals surface area contributed by atoms with Gasteiger partial charge in [0.05, 0.1) is 0 Å². The number of rotatable bonds is 5. The van der Waals surface area contributed by atoms with Gasteiger partial charge in [-0.25, -0.2) is 8.42 Å². The molecule has 2 N–H and O–H groups in total. The molecule has 21 heavy (non-hydrogen) atoms. The highest BCUT2D eigenvalue weighted by Gasteiger charge is 2.45. The average Bonchev–Trinajstić information content (AvgIpc) is 2.87. The molecular formula is C14H21NO4S2. The van der Waals surface area contributed by atoms with Crippen molar-refractivity contribution in [3.05, 3.63) is 17.0 Å². The highest BCUT2D eigenvalue weighted by Crippen LogP contribution is 2.34. The van der Waals surface area contributed by atoms with Gasteiger partial charge in [-0.15, -0.1) is 11.3 Å². The molecule has 1 aliphatic carbocycles. The first-order valence-corrected chi connectivity index (χ1v) is 9.45. The fraction of sp³-hybridized carbons (Fsp3) is 0.643. The second-order valence-electron chi connectivity index (χ2n) is 5.77. The second kappa shape index (κ2) is 6.06. The topological polar surface area (TPSA) is 83.5 Å². The van der Waals surface area contributed by atoms with Crippen LogP contribution in [0.2, 0.25) is 0 Å². The lowest BCUT2D eigenvalue weighted by molar-refractivity contribution is -0.146. The molecule has 1 fully saturated rings. The molecule has 0 saturated heterocycles. The highest BCUT2D eigenvalue weighted by molar-refractivity contribution is 7.91. The van der Waals surface area contributed by atoms with Crippen LogP contribution in [0.3, 0.4) is 0 Å². The zero-order chi connectivity index (χ0) is 15.7. The first kappa shape index (κ1) is 16.5. The summed E-state index contributed by atoms with van der Waals surface area (Å²) >= 11 is 1.20. The van der Waals surface area contributed by atoms with Crippen molar-refractivity contribution in [2.75, 3.05) is 0 Å². The van der Waals surface area contributed by atoms with E-state index in [0.29, 0.717) is 12.8 Å². The van der Waals surface area contributed by atoms with Gasteiger partial charge in [-0.2, -0.15) is 4.72 Å². The Hall–Kier alpha value is -0.920. The van der Waals surface area contributed by atoms with E-state index in [9.17, 15) is 18.3 Å². The maximum atomic E-state index is 12.5. The first-order valence-electron chi connectivity index (χ1n) is 7.15. The van der Waals surface area contributed by atoms with Gasteiger partial charge >= 0.3 is 5.97 Å². The van der Waals surface area contributed by atoms with Crippen LogP contribution in [0.15, 0.2) is 16.3 Å². The van der Waals surface area contributed by atoms with Gasteiger partial charge in [-0.3, -0.25) is 4.79 Å². The maximum Gasteiger partial charge on any atom is 0.324 e. The van der Waals surface area contributed by atoms with Gasteiger partial charge in [0.15, 0.2) is 0 Å². The Kier molecular flexibility index (Phi) is 4.75. The predicted molar refractivity (Wildman–Crippen MR) is 82.0 cm³/mol. The van der Waals surface area contributed by atoms with Crippen LogP contribution in [0.1, 0.15) is 44.4 Å². The molecule has 1 aromatic rings. The molecule has 0 radical (unpaired) electrons. The molecule has 0 amide bonds. The maximum absolute atomic E-state index is 12.5. The fourth-order valence-corrected chi connectivity index (χ4v) is 5.58. The fourth-order valence-electron chi connectivity index (χ4n) is 2.88. The molecular weight excluding hydrogens is 310 g/mol. The average molecular weight is 331 g/mol. The summed E-state index contributed by atoms with van der Waals surface area (Å²) in [5.74, 6) is -0.878. The Bertz CT molecular complexity index is 623. The summed E-state index contributed by atoms with van der Waals surface area (Å²) in [4.78, 5) is 12.6. The van der Waals surface area contributed by atoms with Crippen molar-refractivity contribution in [3.63, 3.8) is 0 Å². The number of carboxylic acids is 1. The minimum absolute atomic E-state index is 0.193. The molecule has 118 valence electrons. The molecule has 0 aliphatic heterocycles. The molecule has 0 bridgehead atoms. The van der Waals surface area contributed by atoms with Crippen LogP contribution >= 0.6 is 11.3 Å². The van der Waals surface area contributed by atoms with E-state index in [-0.39, 0.29) is 10.1 Å². The summed E-state index contributed by atoms with van der Waals surface area (Å²) in [7, 11) is -3.79. The molecule has 1 aromatic heterocycles. The van der Waals surface area contributed by atoms with Crippen LogP contribution in [0.5, 0.6) is 0 Å². The minimum atomic E-state index is -3.79. The third kappa shape index (κ3) is 3.46. The van der Waals surface area contributed by atoms with Gasteiger partial charge < -0.3 is 5.11 Å². The molecule has 2 atom stereocenters. The second-order valence-corrected chi connectivity index (χ2v) is 8.85. The molecule has 0 aromatic carbocycles. The van der Waals surface area contributed by atoms with E-state index in [1.165, 1.54) is 11.3 Å². The molecule has 2 unspecified atom stereocenters. The summed E-state index contributed by atoms with van der Waals surface area (Å²) in [6.45, 7) is 3.92. The molecule has 1 heterocycles. The van der Waals surface area contributed by atoms with Gasteiger partial charge in [-0.1, -0.05) is 26.7 Å². The zero-order valence-electron chi connectivity index (χ0n) is 12.3. The van der Waals surface area contributed by atoms with Gasteiger partial charge in [0.1, 0.15) is 9.75 Å². The number of hydrogen-bond acceptors (Lipinski definition) is 4. The summed E-state index contributed by atoms with van der Waals surface area (Å²) in [6, 6.07) is 3.32. The predicted octanol–water partition coefficient (Wildman–Crippen LogP) is 2.62. The highest BCUT2D eigenvalue weighted by atomic mass is 32.2. The van der Waals surface area contributed by atoms with E-state index < -0.39 is 21.5 Å². The van der Waals surface area contributed by atoms with Gasteiger partial charge in [0, 0.05) is 4.88 Å². The van der Waals surface area contributed by atoms with E-state index in [1.807, 2.05) is 13.8 Å². The van der Waals surface area contributed by atoms with Crippen LogP contribution < -0.4 is 4.72 Å². The molecule has 0 spiro atoms. The van der Waals surface area contributed by atoms with Gasteiger partial charge in [0.2, 0.25) is 0 Å². The summed E-state index contributed by atoms with van der Waals surface area (Å²) in [6.07, 6.45) is 3.11. The number of carboxylic acid groups (broad SMARTS) is 1. The van der Waals surface area contributed by atoms with Crippen molar-refractivity contribution in [2.24, 2.45) is 5.92 Å². The molecule has 1 saturated carbocycles. The van der Waals surface area contributed by atoms with Crippen LogP contribution in [0.25, 0.3) is 0 Å². The minimum Gasteiger partial charge on any atom is -0.480 e. The number of aryl methyl sites for hydroxylation is 1. The Labute approximate surface area is 129 Å². The van der Waals surface area contributed by atoms with Crippen LogP contribution in [0.4, 0.5) is 0 Å². The monoisotopic (exact) mass is 331 g/mol. The number of hydrogen-bond donors (Lipinski definition) is 2. The van der Waals surface area contributed by atoms with Crippen LogP contribution in [0, 0.1) is 5.92 Å². The Morgan fingerprint density at radius 3 is 2.76 bits per heavy atom. The Morgan fingerprint density at radius 1 is 1.52 bits per heavy atom. The number of sulfonamides is 1. The van der Waals surface area contributed by atoms with Crippen LogP contribution in [-0.2, 0) is 21.2 Å². The summed E-state index contributed by atoms with van der Waals surface area (Å²) < 4.78 is 27.6. The third-order valence-electron chi connectivity index (χ3n) is 3.99. The van der Waals surface area contributed by atoms with E-state index in [4.69, 9.17) is 0 Å². The molecule has 1 aliphatic rings. The smallest absolute Gasteiger partial charge is 0.324 e. The summed E-state index contributed by atoms with van der Waals surface area (Å²) in [5, 5.41) is 9.54. The summed E-state index contributed by atoms with van der Waals surface area (Å²) in [5.41, 5.74) is -1.37. The van der Waals surface area contributed by atoms with Gasteiger partial charge in [-0.05, 0) is 37.3 Å². The standard InChI is InChI=1S/C14H21NO4S2/c1-3-11-6-7-12(20-11)21(18,19)15-14(13(16)17)8-4-5-10(2)9-14/h6-7,10,15H,3-5,8-9H2,1-2H3,(H,16,17). The van der Waals surface area contributed by atoms with Crippen molar-refractivity contribution in [2.45, 2.75) is 55.7 Å².